The van der Waals surface area contributed by atoms with Crippen LogP contribution >= 0.6 is 0 Å². The summed E-state index contributed by atoms with van der Waals surface area (Å²) in [5.74, 6) is -2.65. The van der Waals surface area contributed by atoms with Gasteiger partial charge in [0.25, 0.3) is 0 Å². The molecular formula is C12H8O7. The number of carbonyl (C=O) groups is 3. The number of esters is 1. The van der Waals surface area contributed by atoms with Gasteiger partial charge in [-0.05, 0) is 12.1 Å². The Labute approximate surface area is 106 Å². The van der Waals surface area contributed by atoms with Crippen molar-refractivity contribution in [1.82, 2.24) is 0 Å². The van der Waals surface area contributed by atoms with Crippen molar-refractivity contribution in [3.8, 4) is 0 Å². The molecule has 0 spiro atoms. The quantitative estimate of drug-likeness (QED) is 0.647. The van der Waals surface area contributed by atoms with Crippen molar-refractivity contribution >= 4 is 18.2 Å². The minimum Gasteiger partial charge on any atom is -0.475 e. The third-order valence-corrected chi connectivity index (χ3v) is 2.31. The Morgan fingerprint density at radius 2 is 1.89 bits per heavy atom. The van der Waals surface area contributed by atoms with Gasteiger partial charge in [-0.2, -0.15) is 0 Å². The van der Waals surface area contributed by atoms with Crippen LogP contribution < -0.4 is 0 Å². The summed E-state index contributed by atoms with van der Waals surface area (Å²) in [4.78, 5) is 33.0. The fourth-order valence-electron chi connectivity index (χ4n) is 1.42. The number of hydrogen-bond acceptors (Lipinski definition) is 6. The van der Waals surface area contributed by atoms with Gasteiger partial charge in [0.15, 0.2) is 6.29 Å². The lowest BCUT2D eigenvalue weighted by Crippen LogP contribution is -2.08. The smallest absolute Gasteiger partial charge is 0.375 e. The van der Waals surface area contributed by atoms with Gasteiger partial charge in [-0.25, -0.2) is 9.59 Å². The SMILES string of the molecule is O=Cc1ccoc1C(=O)OCc1ccoc1C(=O)O. The van der Waals surface area contributed by atoms with Gasteiger partial charge in [0.1, 0.15) is 6.61 Å². The molecule has 0 radical (unpaired) electrons. The summed E-state index contributed by atoms with van der Waals surface area (Å²) in [5.41, 5.74) is 0.274. The fourth-order valence-corrected chi connectivity index (χ4v) is 1.42. The van der Waals surface area contributed by atoms with E-state index in [2.05, 4.69) is 0 Å². The van der Waals surface area contributed by atoms with Gasteiger partial charge in [0.05, 0.1) is 18.1 Å². The van der Waals surface area contributed by atoms with Gasteiger partial charge in [-0.15, -0.1) is 0 Å². The second-order valence-electron chi connectivity index (χ2n) is 3.48. The highest BCUT2D eigenvalue weighted by Crippen LogP contribution is 2.14. The monoisotopic (exact) mass is 264 g/mol. The molecule has 0 fully saturated rings. The number of carboxylic acids is 1. The molecule has 0 aliphatic heterocycles. The lowest BCUT2D eigenvalue weighted by Gasteiger charge is -2.02. The van der Waals surface area contributed by atoms with Crippen molar-refractivity contribution in [3.63, 3.8) is 0 Å². The zero-order valence-electron chi connectivity index (χ0n) is 9.49. The van der Waals surface area contributed by atoms with Gasteiger partial charge in [-0.1, -0.05) is 0 Å². The molecule has 19 heavy (non-hydrogen) atoms. The molecule has 7 heteroatoms. The van der Waals surface area contributed by atoms with E-state index in [9.17, 15) is 14.4 Å². The summed E-state index contributed by atoms with van der Waals surface area (Å²) in [6.45, 7) is -0.296. The van der Waals surface area contributed by atoms with Gasteiger partial charge in [0.2, 0.25) is 11.5 Å². The highest BCUT2D eigenvalue weighted by molar-refractivity contribution is 5.95. The number of hydrogen-bond donors (Lipinski definition) is 1. The molecule has 2 aromatic heterocycles. The van der Waals surface area contributed by atoms with E-state index in [1.807, 2.05) is 0 Å². The Kier molecular flexibility index (Phi) is 3.46. The highest BCUT2D eigenvalue weighted by atomic mass is 16.5. The van der Waals surface area contributed by atoms with Crippen molar-refractivity contribution < 1.29 is 33.1 Å². The van der Waals surface area contributed by atoms with Crippen LogP contribution in [0.25, 0.3) is 0 Å². The molecule has 0 aliphatic rings. The maximum Gasteiger partial charge on any atom is 0.375 e. The second kappa shape index (κ2) is 5.21. The standard InChI is InChI=1S/C12H8O7/c13-5-7-1-3-18-10(7)12(16)19-6-8-2-4-17-9(8)11(14)15/h1-5H,6H2,(H,14,15). The number of carboxylic acid groups (broad SMARTS) is 1. The zero-order valence-corrected chi connectivity index (χ0v) is 9.49. The van der Waals surface area contributed by atoms with Crippen LogP contribution in [-0.4, -0.2) is 23.3 Å². The number of aromatic carboxylic acids is 1. The molecule has 0 saturated heterocycles. The van der Waals surface area contributed by atoms with E-state index in [0.29, 0.717) is 6.29 Å². The number of rotatable bonds is 5. The lowest BCUT2D eigenvalue weighted by atomic mass is 10.2. The number of carbonyl (C=O) groups excluding carboxylic acids is 2. The predicted octanol–water partition coefficient (Wildman–Crippen LogP) is 1.74. The molecule has 0 unspecified atom stereocenters. The topological polar surface area (TPSA) is 107 Å². The minimum absolute atomic E-state index is 0.0654. The molecule has 2 rings (SSSR count). The normalized spacial score (nSPS) is 10.1. The first-order chi connectivity index (χ1) is 9.13. The summed E-state index contributed by atoms with van der Waals surface area (Å²) in [7, 11) is 0. The first-order valence-electron chi connectivity index (χ1n) is 5.13. The summed E-state index contributed by atoms with van der Waals surface area (Å²) in [5, 5.41) is 8.79. The van der Waals surface area contributed by atoms with Crippen LogP contribution in [0.5, 0.6) is 0 Å². The Morgan fingerprint density at radius 1 is 1.21 bits per heavy atom. The molecule has 1 N–H and O–H groups in total. The third kappa shape index (κ3) is 2.54. The summed E-state index contributed by atoms with van der Waals surface area (Å²) in [6.07, 6.45) is 2.82. The fraction of sp³-hybridized carbons (Fsp3) is 0.0833. The van der Waals surface area contributed by atoms with E-state index in [0.717, 1.165) is 0 Å². The van der Waals surface area contributed by atoms with Crippen molar-refractivity contribution in [2.24, 2.45) is 0 Å². The van der Waals surface area contributed by atoms with E-state index in [1.54, 1.807) is 0 Å². The van der Waals surface area contributed by atoms with Crippen LogP contribution in [0, 0.1) is 0 Å². The Balaban J connectivity index is 2.07. The summed E-state index contributed by atoms with van der Waals surface area (Å²) < 4.78 is 14.4. The average Bonchev–Trinajstić information content (AvgIpc) is 3.04. The molecule has 0 amide bonds. The summed E-state index contributed by atoms with van der Waals surface area (Å²) >= 11 is 0. The van der Waals surface area contributed by atoms with Crippen LogP contribution in [0.2, 0.25) is 0 Å². The molecule has 98 valence electrons. The van der Waals surface area contributed by atoms with E-state index in [1.165, 1.54) is 24.7 Å². The number of ether oxygens (including phenoxy) is 1. The molecule has 0 aromatic carbocycles. The van der Waals surface area contributed by atoms with Crippen LogP contribution in [0.15, 0.2) is 33.5 Å². The Morgan fingerprint density at radius 3 is 2.58 bits per heavy atom. The molecule has 0 atom stereocenters. The Hall–Kier alpha value is -2.83. The molecule has 7 nitrogen and oxygen atoms in total. The molecule has 0 bridgehead atoms. The minimum atomic E-state index is -1.26. The maximum atomic E-state index is 11.6. The van der Waals surface area contributed by atoms with Crippen LogP contribution in [0.1, 0.15) is 37.0 Å². The number of furan rings is 2. The first-order valence-corrected chi connectivity index (χ1v) is 5.13. The lowest BCUT2D eigenvalue weighted by molar-refractivity contribution is 0.0425. The average molecular weight is 264 g/mol. The predicted molar refractivity (Wildman–Crippen MR) is 58.9 cm³/mol. The van der Waals surface area contributed by atoms with E-state index >= 15 is 0 Å². The zero-order chi connectivity index (χ0) is 13.8. The van der Waals surface area contributed by atoms with Crippen molar-refractivity contribution in [3.05, 3.63) is 47.3 Å². The molecular weight excluding hydrogens is 256 g/mol. The van der Waals surface area contributed by atoms with Gasteiger partial charge >= 0.3 is 11.9 Å². The van der Waals surface area contributed by atoms with E-state index in [4.69, 9.17) is 18.7 Å². The maximum absolute atomic E-state index is 11.6. The van der Waals surface area contributed by atoms with Gasteiger partial charge in [0, 0.05) is 5.56 Å². The van der Waals surface area contributed by atoms with Gasteiger partial charge < -0.3 is 18.7 Å². The van der Waals surface area contributed by atoms with E-state index in [-0.39, 0.29) is 29.3 Å². The van der Waals surface area contributed by atoms with Crippen LogP contribution in [0.3, 0.4) is 0 Å². The van der Waals surface area contributed by atoms with Crippen molar-refractivity contribution in [2.75, 3.05) is 0 Å². The third-order valence-electron chi connectivity index (χ3n) is 2.31. The van der Waals surface area contributed by atoms with Crippen molar-refractivity contribution in [2.45, 2.75) is 6.61 Å². The highest BCUT2D eigenvalue weighted by Gasteiger charge is 2.19. The Bertz CT molecular complexity index is 620. The van der Waals surface area contributed by atoms with E-state index < -0.39 is 11.9 Å². The molecule has 2 aromatic rings. The molecule has 2 heterocycles. The molecule has 0 aliphatic carbocycles. The second-order valence-corrected chi connectivity index (χ2v) is 3.48. The largest absolute Gasteiger partial charge is 0.475 e. The van der Waals surface area contributed by atoms with Gasteiger partial charge in [-0.3, -0.25) is 4.79 Å². The van der Waals surface area contributed by atoms with Crippen LogP contribution in [-0.2, 0) is 11.3 Å². The van der Waals surface area contributed by atoms with Crippen LogP contribution in [0.4, 0.5) is 0 Å². The first kappa shape index (κ1) is 12.6. The van der Waals surface area contributed by atoms with Crippen molar-refractivity contribution in [1.29, 1.82) is 0 Å². The summed E-state index contributed by atoms with van der Waals surface area (Å²) in [6, 6.07) is 2.70. The molecule has 0 saturated carbocycles. The number of aldehydes is 1.